The summed E-state index contributed by atoms with van der Waals surface area (Å²) in [5, 5.41) is 4.07. The van der Waals surface area contributed by atoms with Gasteiger partial charge in [0.05, 0.1) is 6.54 Å². The molecule has 1 aromatic carbocycles. The van der Waals surface area contributed by atoms with Crippen LogP contribution in [0.4, 0.5) is 0 Å². The van der Waals surface area contributed by atoms with Gasteiger partial charge in [0, 0.05) is 11.1 Å². The molecule has 2 aliphatic rings. The number of amides is 1. The van der Waals surface area contributed by atoms with E-state index < -0.39 is 0 Å². The second-order valence-electron chi connectivity index (χ2n) is 6.06. The first-order valence-corrected chi connectivity index (χ1v) is 7.83. The molecule has 3 nitrogen and oxygen atoms in total. The summed E-state index contributed by atoms with van der Waals surface area (Å²) in [4.78, 5) is 14.3. The van der Waals surface area contributed by atoms with Crippen molar-refractivity contribution in [3.63, 3.8) is 0 Å². The van der Waals surface area contributed by atoms with E-state index in [-0.39, 0.29) is 12.1 Å². The Hall–Kier alpha value is -1.06. The number of nitrogens with zero attached hydrogens (tertiary/aromatic N) is 1. The van der Waals surface area contributed by atoms with E-state index in [0.29, 0.717) is 18.5 Å². The molecule has 1 aliphatic carbocycles. The Morgan fingerprint density at radius 2 is 2.00 bits per heavy atom. The van der Waals surface area contributed by atoms with Gasteiger partial charge < -0.3 is 4.90 Å². The maximum absolute atomic E-state index is 12.3. The maximum Gasteiger partial charge on any atom is 0.238 e. The lowest BCUT2D eigenvalue weighted by molar-refractivity contribution is -0.131. The highest BCUT2D eigenvalue weighted by atomic mass is 35.5. The normalized spacial score (nSPS) is 30.8. The molecule has 1 heterocycles. The zero-order chi connectivity index (χ0) is 14.1. The molecule has 3 atom stereocenters. The third-order valence-electron chi connectivity index (χ3n) is 4.50. The molecule has 4 heteroatoms. The van der Waals surface area contributed by atoms with Gasteiger partial charge in [-0.2, -0.15) is 0 Å². The fourth-order valence-electron chi connectivity index (χ4n) is 3.51. The van der Waals surface area contributed by atoms with E-state index in [1.54, 1.807) is 0 Å². The quantitative estimate of drug-likeness (QED) is 0.906. The fraction of sp³-hybridized carbons (Fsp3) is 0.562. The second kappa shape index (κ2) is 5.74. The summed E-state index contributed by atoms with van der Waals surface area (Å²) in [5.74, 6) is 0.942. The molecular weight excluding hydrogens is 272 g/mol. The van der Waals surface area contributed by atoms with Crippen molar-refractivity contribution < 1.29 is 4.79 Å². The van der Waals surface area contributed by atoms with Gasteiger partial charge in [-0.1, -0.05) is 43.5 Å². The molecule has 0 radical (unpaired) electrons. The molecule has 20 heavy (non-hydrogen) atoms. The minimum Gasteiger partial charge on any atom is -0.319 e. The smallest absolute Gasteiger partial charge is 0.238 e. The van der Waals surface area contributed by atoms with Crippen LogP contribution < -0.4 is 5.32 Å². The van der Waals surface area contributed by atoms with Crippen LogP contribution in [-0.2, 0) is 4.79 Å². The predicted octanol–water partition coefficient (Wildman–Crippen LogP) is 3.35. The molecule has 3 unspecified atom stereocenters. The lowest BCUT2D eigenvalue weighted by Gasteiger charge is -2.37. The number of nitrogens with one attached hydrogen (secondary N) is 1. The molecule has 1 N–H and O–H groups in total. The average Bonchev–Trinajstić information content (AvgIpc) is 2.81. The molecule has 1 saturated heterocycles. The highest BCUT2D eigenvalue weighted by Crippen LogP contribution is 2.34. The van der Waals surface area contributed by atoms with Gasteiger partial charge in [0.15, 0.2) is 0 Å². The molecule has 1 saturated carbocycles. The van der Waals surface area contributed by atoms with Crippen molar-refractivity contribution in [2.45, 2.75) is 44.8 Å². The van der Waals surface area contributed by atoms with E-state index in [1.165, 1.54) is 12.8 Å². The molecule has 2 fully saturated rings. The number of benzene rings is 1. The molecular formula is C16H21ClN2O. The first kappa shape index (κ1) is 13.9. The van der Waals surface area contributed by atoms with Crippen LogP contribution in [0.1, 0.15) is 44.3 Å². The number of hydrogen-bond acceptors (Lipinski definition) is 2. The van der Waals surface area contributed by atoms with Gasteiger partial charge in [0.2, 0.25) is 5.91 Å². The third-order valence-corrected chi connectivity index (χ3v) is 4.75. The summed E-state index contributed by atoms with van der Waals surface area (Å²) < 4.78 is 0. The molecule has 0 bridgehead atoms. The van der Waals surface area contributed by atoms with Crippen LogP contribution in [0.5, 0.6) is 0 Å². The van der Waals surface area contributed by atoms with Gasteiger partial charge in [-0.15, -0.1) is 0 Å². The summed E-state index contributed by atoms with van der Waals surface area (Å²) >= 11 is 5.95. The largest absolute Gasteiger partial charge is 0.319 e. The Morgan fingerprint density at radius 3 is 2.70 bits per heavy atom. The van der Waals surface area contributed by atoms with Crippen molar-refractivity contribution in [2.75, 3.05) is 6.54 Å². The number of carbonyl (C=O) groups is 1. The summed E-state index contributed by atoms with van der Waals surface area (Å²) in [7, 11) is 0. The minimum absolute atomic E-state index is 0.00932. The summed E-state index contributed by atoms with van der Waals surface area (Å²) in [5.41, 5.74) is 1.12. The Labute approximate surface area is 125 Å². The summed E-state index contributed by atoms with van der Waals surface area (Å²) in [6.45, 7) is 2.73. The van der Waals surface area contributed by atoms with Gasteiger partial charge in [0.25, 0.3) is 0 Å². The van der Waals surface area contributed by atoms with E-state index >= 15 is 0 Å². The minimum atomic E-state index is 0.00932. The van der Waals surface area contributed by atoms with E-state index in [4.69, 9.17) is 11.6 Å². The van der Waals surface area contributed by atoms with Crippen molar-refractivity contribution in [3.8, 4) is 0 Å². The van der Waals surface area contributed by atoms with Crippen molar-refractivity contribution in [2.24, 2.45) is 5.92 Å². The van der Waals surface area contributed by atoms with Crippen LogP contribution in [0, 0.1) is 5.92 Å². The number of hydrogen-bond donors (Lipinski definition) is 1. The maximum atomic E-state index is 12.3. The van der Waals surface area contributed by atoms with E-state index in [2.05, 4.69) is 17.1 Å². The second-order valence-corrected chi connectivity index (χ2v) is 6.50. The van der Waals surface area contributed by atoms with Gasteiger partial charge in [-0.05, 0) is 36.5 Å². The third kappa shape index (κ3) is 2.70. The molecule has 1 aromatic rings. The van der Waals surface area contributed by atoms with Crippen LogP contribution in [-0.4, -0.2) is 23.4 Å². The lowest BCUT2D eigenvalue weighted by atomic mass is 9.86. The molecule has 3 rings (SSSR count). The average molecular weight is 293 g/mol. The van der Waals surface area contributed by atoms with Crippen molar-refractivity contribution in [1.82, 2.24) is 10.2 Å². The van der Waals surface area contributed by atoms with Crippen LogP contribution in [0.25, 0.3) is 0 Å². The Kier molecular flexibility index (Phi) is 3.99. The number of carbonyl (C=O) groups excluding carboxylic acids is 1. The van der Waals surface area contributed by atoms with Gasteiger partial charge >= 0.3 is 0 Å². The first-order valence-electron chi connectivity index (χ1n) is 7.45. The topological polar surface area (TPSA) is 32.3 Å². The zero-order valence-corrected chi connectivity index (χ0v) is 12.6. The monoisotopic (exact) mass is 292 g/mol. The Balaban J connectivity index is 1.82. The predicted molar refractivity (Wildman–Crippen MR) is 80.5 cm³/mol. The number of rotatable bonds is 2. The molecule has 108 valence electrons. The molecule has 1 aliphatic heterocycles. The Morgan fingerprint density at radius 1 is 1.25 bits per heavy atom. The highest BCUT2D eigenvalue weighted by Gasteiger charge is 2.38. The van der Waals surface area contributed by atoms with Gasteiger partial charge in [-0.3, -0.25) is 10.1 Å². The highest BCUT2D eigenvalue weighted by molar-refractivity contribution is 6.30. The zero-order valence-electron chi connectivity index (χ0n) is 11.8. The van der Waals surface area contributed by atoms with Crippen LogP contribution in [0.3, 0.4) is 0 Å². The fourth-order valence-corrected chi connectivity index (χ4v) is 3.64. The SMILES string of the molecule is CC1CCCC(N2C(=O)CNC2c2ccc(Cl)cc2)C1. The summed E-state index contributed by atoms with van der Waals surface area (Å²) in [6.07, 6.45) is 4.77. The standard InChI is InChI=1S/C16H21ClN2O/c1-11-3-2-4-14(9-11)19-15(20)10-18-16(19)12-5-7-13(17)8-6-12/h5-8,11,14,16,18H,2-4,9-10H2,1H3. The van der Waals surface area contributed by atoms with Gasteiger partial charge in [-0.25, -0.2) is 0 Å². The molecule has 0 aromatic heterocycles. The Bertz CT molecular complexity index is 488. The van der Waals surface area contributed by atoms with Crippen LogP contribution >= 0.6 is 11.6 Å². The van der Waals surface area contributed by atoms with E-state index in [1.807, 2.05) is 24.3 Å². The van der Waals surface area contributed by atoms with Crippen molar-refractivity contribution >= 4 is 17.5 Å². The summed E-state index contributed by atoms with van der Waals surface area (Å²) in [6, 6.07) is 8.18. The first-order chi connectivity index (χ1) is 9.65. The van der Waals surface area contributed by atoms with Crippen molar-refractivity contribution in [1.29, 1.82) is 0 Å². The van der Waals surface area contributed by atoms with E-state index in [9.17, 15) is 4.79 Å². The van der Waals surface area contributed by atoms with Crippen LogP contribution in [0.15, 0.2) is 24.3 Å². The van der Waals surface area contributed by atoms with E-state index in [0.717, 1.165) is 23.4 Å². The number of halogens is 1. The lowest BCUT2D eigenvalue weighted by Crippen LogP contribution is -2.42. The van der Waals surface area contributed by atoms with Gasteiger partial charge in [0.1, 0.15) is 6.17 Å². The molecule has 1 amide bonds. The van der Waals surface area contributed by atoms with Crippen LogP contribution in [0.2, 0.25) is 5.02 Å². The van der Waals surface area contributed by atoms with Crippen molar-refractivity contribution in [3.05, 3.63) is 34.9 Å². The molecule has 0 spiro atoms.